The lowest BCUT2D eigenvalue weighted by molar-refractivity contribution is 0.0306. The van der Waals surface area contributed by atoms with Crippen molar-refractivity contribution in [3.05, 3.63) is 33.4 Å². The molecule has 1 saturated carbocycles. The van der Waals surface area contributed by atoms with Gasteiger partial charge in [0.05, 0.1) is 11.1 Å². The largest absolute Gasteiger partial charge is 0.461 e. The van der Waals surface area contributed by atoms with Gasteiger partial charge < -0.3 is 9.47 Å². The molecule has 27 heavy (non-hydrogen) atoms. The van der Waals surface area contributed by atoms with Crippen LogP contribution in [0.1, 0.15) is 68.7 Å². The van der Waals surface area contributed by atoms with Gasteiger partial charge in [0.25, 0.3) is 10.1 Å². The summed E-state index contributed by atoms with van der Waals surface area (Å²) >= 11 is 0. The Balaban J connectivity index is 2.38. The Morgan fingerprint density at radius 2 is 1.41 bits per heavy atom. The van der Waals surface area contributed by atoms with Crippen molar-refractivity contribution in [1.82, 2.24) is 0 Å². The van der Waals surface area contributed by atoms with Crippen LogP contribution in [0.15, 0.2) is 0 Å². The van der Waals surface area contributed by atoms with Gasteiger partial charge in [0.2, 0.25) is 0 Å². The van der Waals surface area contributed by atoms with E-state index >= 15 is 0 Å². The SMILES string of the molecule is Cc1c(C)c(C)c(C(=O)OC2CCCC2)c(C(=O)OCCS(=O)(=O)O)c1C. The van der Waals surface area contributed by atoms with Gasteiger partial charge in [0.1, 0.15) is 18.5 Å². The maximum Gasteiger partial charge on any atom is 0.339 e. The second-order valence-electron chi connectivity index (χ2n) is 6.98. The summed E-state index contributed by atoms with van der Waals surface area (Å²) in [5.41, 5.74) is 3.23. The maximum absolute atomic E-state index is 12.8. The highest BCUT2D eigenvalue weighted by Crippen LogP contribution is 2.30. The van der Waals surface area contributed by atoms with Gasteiger partial charge in [0.15, 0.2) is 0 Å². The number of esters is 2. The second-order valence-corrected chi connectivity index (χ2v) is 8.56. The molecule has 7 nitrogen and oxygen atoms in total. The van der Waals surface area contributed by atoms with Crippen molar-refractivity contribution in [2.45, 2.75) is 59.5 Å². The monoisotopic (exact) mass is 398 g/mol. The van der Waals surface area contributed by atoms with Gasteiger partial charge in [-0.05, 0) is 75.6 Å². The summed E-state index contributed by atoms with van der Waals surface area (Å²) in [5.74, 6) is -2.07. The van der Waals surface area contributed by atoms with Crippen LogP contribution in [0, 0.1) is 27.7 Å². The third-order valence-corrected chi connectivity index (χ3v) is 5.93. The van der Waals surface area contributed by atoms with Crippen LogP contribution in [0.2, 0.25) is 0 Å². The first-order chi connectivity index (χ1) is 12.5. The highest BCUT2D eigenvalue weighted by atomic mass is 32.2. The van der Waals surface area contributed by atoms with E-state index < -0.39 is 34.4 Å². The zero-order valence-electron chi connectivity index (χ0n) is 16.1. The Labute approximate surface area is 159 Å². The molecule has 0 unspecified atom stereocenters. The van der Waals surface area contributed by atoms with Gasteiger partial charge in [-0.1, -0.05) is 0 Å². The first-order valence-corrected chi connectivity index (χ1v) is 10.6. The topological polar surface area (TPSA) is 107 Å². The Kier molecular flexibility index (Phi) is 6.64. The van der Waals surface area contributed by atoms with Crippen molar-refractivity contribution in [1.29, 1.82) is 0 Å². The number of carbonyl (C=O) groups is 2. The fraction of sp³-hybridized carbons (Fsp3) is 0.579. The molecule has 0 amide bonds. The molecule has 8 heteroatoms. The summed E-state index contributed by atoms with van der Waals surface area (Å²) in [4.78, 5) is 25.5. The molecule has 150 valence electrons. The second kappa shape index (κ2) is 8.39. The lowest BCUT2D eigenvalue weighted by atomic mass is 9.89. The van der Waals surface area contributed by atoms with Gasteiger partial charge in [-0.3, -0.25) is 4.55 Å². The van der Waals surface area contributed by atoms with Crippen molar-refractivity contribution in [2.24, 2.45) is 0 Å². The summed E-state index contributed by atoms with van der Waals surface area (Å²) in [6.45, 7) is 6.69. The minimum atomic E-state index is -4.25. The number of ether oxygens (including phenoxy) is 2. The molecular weight excluding hydrogens is 372 g/mol. The highest BCUT2D eigenvalue weighted by Gasteiger charge is 2.29. The molecule has 0 aromatic heterocycles. The van der Waals surface area contributed by atoms with Crippen LogP contribution in [0.3, 0.4) is 0 Å². The Hall–Kier alpha value is -1.93. The first kappa shape index (κ1) is 21.4. The number of hydrogen-bond donors (Lipinski definition) is 1. The van der Waals surface area contributed by atoms with Crippen LogP contribution in [-0.2, 0) is 19.6 Å². The highest BCUT2D eigenvalue weighted by molar-refractivity contribution is 7.85. The zero-order chi connectivity index (χ0) is 20.4. The van der Waals surface area contributed by atoms with Gasteiger partial charge in [-0.25, -0.2) is 9.59 Å². The molecular formula is C19H26O7S. The molecule has 1 N–H and O–H groups in total. The predicted octanol–water partition coefficient (Wildman–Crippen LogP) is 3.06. The predicted molar refractivity (Wildman–Crippen MR) is 99.8 cm³/mol. The number of benzene rings is 1. The summed E-state index contributed by atoms with van der Waals surface area (Å²) < 4.78 is 41.0. The van der Waals surface area contributed by atoms with Crippen LogP contribution in [-0.4, -0.2) is 43.4 Å². The van der Waals surface area contributed by atoms with Crippen LogP contribution in [0.25, 0.3) is 0 Å². The lowest BCUT2D eigenvalue weighted by Crippen LogP contribution is -2.23. The van der Waals surface area contributed by atoms with Crippen LogP contribution in [0.5, 0.6) is 0 Å². The Bertz CT molecular complexity index is 850. The third kappa shape index (κ3) is 5.07. The van der Waals surface area contributed by atoms with E-state index in [4.69, 9.17) is 14.0 Å². The van der Waals surface area contributed by atoms with Gasteiger partial charge in [-0.2, -0.15) is 8.42 Å². The molecule has 0 heterocycles. The van der Waals surface area contributed by atoms with E-state index in [9.17, 15) is 18.0 Å². The average Bonchev–Trinajstić information content (AvgIpc) is 3.07. The molecule has 0 aliphatic heterocycles. The van der Waals surface area contributed by atoms with E-state index in [2.05, 4.69) is 0 Å². The van der Waals surface area contributed by atoms with Crippen LogP contribution < -0.4 is 0 Å². The first-order valence-electron chi connectivity index (χ1n) is 8.96. The summed E-state index contributed by atoms with van der Waals surface area (Å²) in [5, 5.41) is 0. The van der Waals surface area contributed by atoms with Crippen molar-refractivity contribution in [2.75, 3.05) is 12.4 Å². The van der Waals surface area contributed by atoms with Crippen LogP contribution >= 0.6 is 0 Å². The Morgan fingerprint density at radius 1 is 0.926 bits per heavy atom. The Morgan fingerprint density at radius 3 is 1.89 bits per heavy atom. The van der Waals surface area contributed by atoms with Gasteiger partial charge in [0, 0.05) is 0 Å². The molecule has 0 bridgehead atoms. The molecule has 1 aliphatic carbocycles. The summed E-state index contributed by atoms with van der Waals surface area (Å²) in [6, 6.07) is 0. The van der Waals surface area contributed by atoms with Crippen molar-refractivity contribution < 1.29 is 32.0 Å². The molecule has 1 aromatic rings. The average molecular weight is 398 g/mol. The summed E-state index contributed by atoms with van der Waals surface area (Å²) in [7, 11) is -4.25. The normalized spacial score (nSPS) is 15.0. The molecule has 1 fully saturated rings. The number of carbonyl (C=O) groups excluding carboxylic acids is 2. The quantitative estimate of drug-likeness (QED) is 0.579. The minimum absolute atomic E-state index is 0.0916. The smallest absolute Gasteiger partial charge is 0.339 e. The molecule has 0 radical (unpaired) electrons. The molecule has 0 spiro atoms. The lowest BCUT2D eigenvalue weighted by Gasteiger charge is -2.20. The molecule has 2 rings (SSSR count). The van der Waals surface area contributed by atoms with E-state index in [0.29, 0.717) is 11.1 Å². The minimum Gasteiger partial charge on any atom is -0.461 e. The third-order valence-electron chi connectivity index (χ3n) is 5.25. The number of rotatable bonds is 6. The number of hydrogen-bond acceptors (Lipinski definition) is 6. The van der Waals surface area contributed by atoms with Crippen molar-refractivity contribution >= 4 is 22.1 Å². The van der Waals surface area contributed by atoms with E-state index in [1.807, 2.05) is 13.8 Å². The van der Waals surface area contributed by atoms with Crippen molar-refractivity contribution in [3.8, 4) is 0 Å². The van der Waals surface area contributed by atoms with E-state index in [-0.39, 0.29) is 17.2 Å². The molecule has 0 saturated heterocycles. The maximum atomic E-state index is 12.8. The van der Waals surface area contributed by atoms with Gasteiger partial charge in [-0.15, -0.1) is 0 Å². The molecule has 1 aromatic carbocycles. The summed E-state index contributed by atoms with van der Waals surface area (Å²) in [6.07, 6.45) is 3.48. The molecule has 0 atom stereocenters. The van der Waals surface area contributed by atoms with E-state index in [0.717, 1.165) is 36.8 Å². The fourth-order valence-electron chi connectivity index (χ4n) is 3.35. The van der Waals surface area contributed by atoms with Crippen LogP contribution in [0.4, 0.5) is 0 Å². The zero-order valence-corrected chi connectivity index (χ0v) is 16.9. The molecule has 1 aliphatic rings. The fourth-order valence-corrected chi connectivity index (χ4v) is 3.65. The standard InChI is InChI=1S/C19H26O7S/c1-11-12(2)14(4)17(19(21)26-15-7-5-6-8-15)16(13(11)3)18(20)25-9-10-27(22,23)24/h15H,5-10H2,1-4H3,(H,22,23,24). The van der Waals surface area contributed by atoms with E-state index in [1.54, 1.807) is 13.8 Å². The van der Waals surface area contributed by atoms with Crippen molar-refractivity contribution in [3.63, 3.8) is 0 Å². The van der Waals surface area contributed by atoms with Gasteiger partial charge >= 0.3 is 11.9 Å². The van der Waals surface area contributed by atoms with E-state index in [1.165, 1.54) is 0 Å².